The first-order valence-corrected chi connectivity index (χ1v) is 9.13. The zero-order valence-electron chi connectivity index (χ0n) is 15.3. The maximum atomic E-state index is 11.5. The molecule has 6 nitrogen and oxygen atoms in total. The quantitative estimate of drug-likeness (QED) is 0.600. The summed E-state index contributed by atoms with van der Waals surface area (Å²) in [6, 6.07) is 8.07. The van der Waals surface area contributed by atoms with Crippen LogP contribution in [0.3, 0.4) is 0 Å². The summed E-state index contributed by atoms with van der Waals surface area (Å²) in [6.07, 6.45) is 2.86. The van der Waals surface area contributed by atoms with Gasteiger partial charge in [0.05, 0.1) is 24.9 Å². The van der Waals surface area contributed by atoms with Gasteiger partial charge in [0, 0.05) is 30.6 Å². The maximum Gasteiger partial charge on any atom is 0.305 e. The zero-order chi connectivity index (χ0) is 18.7. The van der Waals surface area contributed by atoms with Gasteiger partial charge in [-0.2, -0.15) is 0 Å². The third-order valence-corrected chi connectivity index (χ3v) is 5.07. The van der Waals surface area contributed by atoms with Gasteiger partial charge in [0.25, 0.3) is 0 Å². The van der Waals surface area contributed by atoms with Crippen LogP contribution >= 0.6 is 12.2 Å². The Morgan fingerprint density at radius 1 is 1.38 bits per heavy atom. The normalized spacial score (nSPS) is 19.5. The van der Waals surface area contributed by atoms with Crippen LogP contribution < -0.4 is 5.32 Å². The van der Waals surface area contributed by atoms with Crippen molar-refractivity contribution in [2.75, 3.05) is 13.7 Å². The summed E-state index contributed by atoms with van der Waals surface area (Å²) >= 11 is 5.61. The maximum absolute atomic E-state index is 11.5. The fourth-order valence-electron chi connectivity index (χ4n) is 3.53. The van der Waals surface area contributed by atoms with Gasteiger partial charge < -0.3 is 19.9 Å². The standard InChI is InChI=1S/C19H24N4O2S/c1-12-11-14(13(2)21-12)18-17(15-7-4-5-9-20-15)22-19(26)23(18)10-6-8-16(24)25-3/h4-5,7,9,11,17-18,21H,6,8,10H2,1-3H3,(H,22,26)/t17-,18-/m1/s1. The van der Waals surface area contributed by atoms with Gasteiger partial charge in [0.2, 0.25) is 0 Å². The molecule has 2 N–H and O–H groups in total. The molecule has 2 atom stereocenters. The third-order valence-electron chi connectivity index (χ3n) is 4.71. The Balaban J connectivity index is 1.90. The van der Waals surface area contributed by atoms with E-state index in [0.29, 0.717) is 24.5 Å². The summed E-state index contributed by atoms with van der Waals surface area (Å²) in [5.74, 6) is -0.199. The Kier molecular flexibility index (Phi) is 5.56. The van der Waals surface area contributed by atoms with Crippen molar-refractivity contribution in [2.45, 2.75) is 38.8 Å². The molecule has 1 fully saturated rings. The molecule has 0 spiro atoms. The molecule has 2 aromatic rings. The molecular weight excluding hydrogens is 348 g/mol. The van der Waals surface area contributed by atoms with E-state index in [1.54, 1.807) is 6.20 Å². The summed E-state index contributed by atoms with van der Waals surface area (Å²) in [6.45, 7) is 4.80. The van der Waals surface area contributed by atoms with E-state index in [1.165, 1.54) is 12.7 Å². The topological polar surface area (TPSA) is 70.2 Å². The minimum Gasteiger partial charge on any atom is -0.469 e. The Labute approximate surface area is 159 Å². The summed E-state index contributed by atoms with van der Waals surface area (Å²) in [4.78, 5) is 21.5. The number of H-pyrrole nitrogens is 1. The smallest absolute Gasteiger partial charge is 0.305 e. The van der Waals surface area contributed by atoms with Crippen LogP contribution in [0.1, 0.15) is 47.6 Å². The number of methoxy groups -OCH3 is 1. The van der Waals surface area contributed by atoms with Crippen LogP contribution in [0, 0.1) is 13.8 Å². The van der Waals surface area contributed by atoms with Gasteiger partial charge >= 0.3 is 5.97 Å². The molecule has 7 heteroatoms. The lowest BCUT2D eigenvalue weighted by molar-refractivity contribution is -0.140. The highest BCUT2D eigenvalue weighted by Gasteiger charge is 2.40. The number of hydrogen-bond donors (Lipinski definition) is 2. The SMILES string of the molecule is COC(=O)CCCN1C(=S)N[C@H](c2ccccn2)[C@H]1c1cc(C)[nH]c1C. The number of aromatic amines is 1. The van der Waals surface area contributed by atoms with Crippen LogP contribution in [-0.4, -0.2) is 39.6 Å². The van der Waals surface area contributed by atoms with Crippen molar-refractivity contribution in [3.63, 3.8) is 0 Å². The van der Waals surface area contributed by atoms with Gasteiger partial charge in [0.1, 0.15) is 0 Å². The first kappa shape index (κ1) is 18.4. The highest BCUT2D eigenvalue weighted by molar-refractivity contribution is 7.80. The highest BCUT2D eigenvalue weighted by atomic mass is 32.1. The van der Waals surface area contributed by atoms with Crippen molar-refractivity contribution in [1.82, 2.24) is 20.2 Å². The average molecular weight is 372 g/mol. The minimum atomic E-state index is -0.199. The molecule has 0 aromatic carbocycles. The lowest BCUT2D eigenvalue weighted by Gasteiger charge is -2.27. The van der Waals surface area contributed by atoms with Crippen molar-refractivity contribution in [1.29, 1.82) is 0 Å². The van der Waals surface area contributed by atoms with E-state index in [1.807, 2.05) is 18.2 Å². The van der Waals surface area contributed by atoms with Crippen molar-refractivity contribution in [3.8, 4) is 0 Å². The van der Waals surface area contributed by atoms with Gasteiger partial charge in [-0.1, -0.05) is 6.07 Å². The molecule has 138 valence electrons. The molecule has 26 heavy (non-hydrogen) atoms. The van der Waals surface area contributed by atoms with Crippen LogP contribution in [0.2, 0.25) is 0 Å². The van der Waals surface area contributed by atoms with Crippen molar-refractivity contribution in [2.24, 2.45) is 0 Å². The molecule has 3 rings (SSSR count). The van der Waals surface area contributed by atoms with E-state index in [2.05, 4.69) is 40.1 Å². The molecule has 3 heterocycles. The van der Waals surface area contributed by atoms with Gasteiger partial charge in [-0.25, -0.2) is 0 Å². The van der Waals surface area contributed by atoms with Crippen molar-refractivity contribution in [3.05, 3.63) is 53.1 Å². The number of nitrogens with zero attached hydrogens (tertiary/aromatic N) is 2. The summed E-state index contributed by atoms with van der Waals surface area (Å²) in [5, 5.41) is 4.11. The number of aryl methyl sites for hydroxylation is 2. The second kappa shape index (κ2) is 7.86. The number of nitrogens with one attached hydrogen (secondary N) is 2. The Morgan fingerprint density at radius 3 is 2.81 bits per heavy atom. The number of aromatic nitrogens is 2. The van der Waals surface area contributed by atoms with E-state index in [4.69, 9.17) is 17.0 Å². The number of esters is 1. The second-order valence-electron chi connectivity index (χ2n) is 6.53. The number of carbonyl (C=O) groups is 1. The molecule has 0 aliphatic carbocycles. The first-order valence-electron chi connectivity index (χ1n) is 8.72. The fraction of sp³-hybridized carbons (Fsp3) is 0.421. The summed E-state index contributed by atoms with van der Waals surface area (Å²) in [7, 11) is 1.41. The van der Waals surface area contributed by atoms with Crippen LogP contribution in [0.25, 0.3) is 0 Å². The van der Waals surface area contributed by atoms with E-state index in [-0.39, 0.29) is 18.1 Å². The van der Waals surface area contributed by atoms with Crippen molar-refractivity contribution < 1.29 is 9.53 Å². The second-order valence-corrected chi connectivity index (χ2v) is 6.92. The highest BCUT2D eigenvalue weighted by Crippen LogP contribution is 2.40. The molecule has 1 saturated heterocycles. The number of rotatable bonds is 6. The number of ether oxygens (including phenoxy) is 1. The molecule has 0 saturated carbocycles. The lowest BCUT2D eigenvalue weighted by atomic mass is 9.96. The van der Waals surface area contributed by atoms with E-state index in [0.717, 1.165) is 17.1 Å². The Hall–Kier alpha value is -2.41. The Morgan fingerprint density at radius 2 is 2.19 bits per heavy atom. The predicted molar refractivity (Wildman–Crippen MR) is 104 cm³/mol. The largest absolute Gasteiger partial charge is 0.469 e. The first-order chi connectivity index (χ1) is 12.5. The van der Waals surface area contributed by atoms with Crippen LogP contribution in [0.5, 0.6) is 0 Å². The molecule has 1 aliphatic rings. The van der Waals surface area contributed by atoms with Gasteiger partial charge in [-0.3, -0.25) is 9.78 Å². The fourth-order valence-corrected chi connectivity index (χ4v) is 3.87. The van der Waals surface area contributed by atoms with Crippen molar-refractivity contribution >= 4 is 23.3 Å². The molecule has 0 amide bonds. The average Bonchev–Trinajstić information content (AvgIpc) is 3.14. The molecule has 0 radical (unpaired) electrons. The monoisotopic (exact) mass is 372 g/mol. The van der Waals surface area contributed by atoms with Gasteiger partial charge in [-0.15, -0.1) is 0 Å². The lowest BCUT2D eigenvalue weighted by Crippen LogP contribution is -2.31. The number of carbonyl (C=O) groups excluding carboxylic acids is 1. The molecular formula is C19H24N4O2S. The zero-order valence-corrected chi connectivity index (χ0v) is 16.1. The molecule has 0 unspecified atom stereocenters. The van der Waals surface area contributed by atoms with Crippen LogP contribution in [-0.2, 0) is 9.53 Å². The number of thiocarbonyl (C=S) groups is 1. The van der Waals surface area contributed by atoms with Gasteiger partial charge in [0.15, 0.2) is 5.11 Å². The number of hydrogen-bond acceptors (Lipinski definition) is 4. The van der Waals surface area contributed by atoms with Crippen LogP contribution in [0.15, 0.2) is 30.5 Å². The number of pyridine rings is 1. The van der Waals surface area contributed by atoms with E-state index >= 15 is 0 Å². The summed E-state index contributed by atoms with van der Waals surface area (Å²) < 4.78 is 4.75. The third kappa shape index (κ3) is 3.72. The van der Waals surface area contributed by atoms with E-state index < -0.39 is 0 Å². The van der Waals surface area contributed by atoms with Gasteiger partial charge in [-0.05, 0) is 56.2 Å². The summed E-state index contributed by atoms with van der Waals surface area (Å²) in [5.41, 5.74) is 4.39. The Bertz CT molecular complexity index is 790. The predicted octanol–water partition coefficient (Wildman–Crippen LogP) is 2.95. The molecule has 1 aliphatic heterocycles. The molecule has 0 bridgehead atoms. The van der Waals surface area contributed by atoms with Crippen LogP contribution in [0.4, 0.5) is 0 Å². The molecule has 2 aromatic heterocycles. The minimum absolute atomic E-state index is 0.0278. The van der Waals surface area contributed by atoms with E-state index in [9.17, 15) is 4.79 Å².